The molecule has 0 bridgehead atoms. The zero-order valence-corrected chi connectivity index (χ0v) is 21.4. The number of amides is 2. The number of hydrogen-bond donors (Lipinski definition) is 1. The summed E-state index contributed by atoms with van der Waals surface area (Å²) < 4.78 is 17.1. The van der Waals surface area contributed by atoms with Crippen LogP contribution in [0.4, 0.5) is 10.5 Å². The molecule has 4 rings (SSSR count). The van der Waals surface area contributed by atoms with Gasteiger partial charge in [0.15, 0.2) is 11.5 Å². The van der Waals surface area contributed by atoms with Gasteiger partial charge in [0, 0.05) is 6.54 Å². The second kappa shape index (κ2) is 12.5. The lowest BCUT2D eigenvalue weighted by Crippen LogP contribution is -2.36. The second-order valence-corrected chi connectivity index (χ2v) is 8.60. The quantitative estimate of drug-likeness (QED) is 0.255. The lowest BCUT2D eigenvalue weighted by molar-refractivity contribution is 0.189. The maximum atomic E-state index is 13.6. The van der Waals surface area contributed by atoms with E-state index in [1.54, 1.807) is 19.1 Å². The van der Waals surface area contributed by atoms with Gasteiger partial charge in [0.25, 0.3) is 0 Å². The van der Waals surface area contributed by atoms with E-state index < -0.39 is 0 Å². The van der Waals surface area contributed by atoms with Crippen molar-refractivity contribution in [3.63, 3.8) is 0 Å². The van der Waals surface area contributed by atoms with Crippen LogP contribution in [-0.4, -0.2) is 25.2 Å². The van der Waals surface area contributed by atoms with Crippen LogP contribution >= 0.6 is 0 Å². The summed E-state index contributed by atoms with van der Waals surface area (Å²) in [7, 11) is 3.21. The minimum Gasteiger partial charge on any atom is -0.495 e. The number of anilines is 1. The average Bonchev–Trinajstić information content (AvgIpc) is 2.95. The minimum atomic E-state index is -0.233. The molecule has 0 spiro atoms. The van der Waals surface area contributed by atoms with E-state index in [1.165, 1.54) is 0 Å². The van der Waals surface area contributed by atoms with Crippen molar-refractivity contribution in [1.29, 1.82) is 0 Å². The Morgan fingerprint density at radius 2 is 1.41 bits per heavy atom. The zero-order chi connectivity index (χ0) is 26.0. The average molecular weight is 497 g/mol. The Hall–Kier alpha value is -4.45. The third kappa shape index (κ3) is 6.61. The van der Waals surface area contributed by atoms with Crippen molar-refractivity contribution < 1.29 is 19.0 Å². The first-order valence-electron chi connectivity index (χ1n) is 12.2. The van der Waals surface area contributed by atoms with Crippen molar-refractivity contribution >= 4 is 11.7 Å². The molecule has 6 nitrogen and oxygen atoms in total. The highest BCUT2D eigenvalue weighted by molar-refractivity contribution is 5.91. The van der Waals surface area contributed by atoms with Gasteiger partial charge in [-0.3, -0.25) is 0 Å². The summed E-state index contributed by atoms with van der Waals surface area (Å²) in [4.78, 5) is 15.4. The van der Waals surface area contributed by atoms with Crippen molar-refractivity contribution in [2.75, 3.05) is 19.5 Å². The number of urea groups is 1. The Bertz CT molecular complexity index is 1300. The van der Waals surface area contributed by atoms with Gasteiger partial charge in [0.1, 0.15) is 12.4 Å². The standard InChI is InChI=1S/C31H32N2O4/c1-23(26-14-8-5-9-15-26)33(31(34)32-27-16-10-11-17-28(27)35-2)21-25-18-19-29(36-3)30(20-25)37-22-24-12-6-4-7-13-24/h4-20,23H,21-22H2,1-3H3,(H,32,34). The maximum absolute atomic E-state index is 13.6. The van der Waals surface area contributed by atoms with Crippen molar-refractivity contribution in [3.05, 3.63) is 120 Å². The van der Waals surface area contributed by atoms with Crippen LogP contribution in [0.2, 0.25) is 0 Å². The van der Waals surface area contributed by atoms with E-state index in [0.717, 1.165) is 16.7 Å². The molecule has 4 aromatic carbocycles. The lowest BCUT2D eigenvalue weighted by atomic mass is 10.1. The maximum Gasteiger partial charge on any atom is 0.322 e. The molecule has 0 fully saturated rings. The number of ether oxygens (including phenoxy) is 3. The molecular formula is C31H32N2O4. The van der Waals surface area contributed by atoms with Crippen LogP contribution in [0.15, 0.2) is 103 Å². The predicted molar refractivity (Wildman–Crippen MR) is 146 cm³/mol. The molecule has 4 aromatic rings. The normalized spacial score (nSPS) is 11.3. The lowest BCUT2D eigenvalue weighted by Gasteiger charge is -2.30. The van der Waals surface area contributed by atoms with Gasteiger partial charge in [-0.15, -0.1) is 0 Å². The number of methoxy groups -OCH3 is 2. The summed E-state index contributed by atoms with van der Waals surface area (Å²) in [5.74, 6) is 1.87. The third-order valence-electron chi connectivity index (χ3n) is 6.18. The van der Waals surface area contributed by atoms with Crippen LogP contribution in [0.3, 0.4) is 0 Å². The molecule has 0 saturated heterocycles. The van der Waals surface area contributed by atoms with Gasteiger partial charge < -0.3 is 24.4 Å². The molecule has 0 aliphatic carbocycles. The molecular weight excluding hydrogens is 464 g/mol. The first kappa shape index (κ1) is 25.6. The van der Waals surface area contributed by atoms with E-state index in [2.05, 4.69) is 5.32 Å². The SMILES string of the molecule is COc1ccccc1NC(=O)N(Cc1ccc(OC)c(OCc2ccccc2)c1)C(C)c1ccccc1. The molecule has 1 N–H and O–H groups in total. The molecule has 0 aliphatic heterocycles. The first-order valence-corrected chi connectivity index (χ1v) is 12.2. The molecule has 0 saturated carbocycles. The highest BCUT2D eigenvalue weighted by Crippen LogP contribution is 2.32. The number of benzene rings is 4. The van der Waals surface area contributed by atoms with E-state index in [0.29, 0.717) is 36.1 Å². The number of rotatable bonds is 10. The Morgan fingerprint density at radius 1 is 0.757 bits per heavy atom. The van der Waals surface area contributed by atoms with Crippen molar-refractivity contribution in [1.82, 2.24) is 4.90 Å². The van der Waals surface area contributed by atoms with Crippen molar-refractivity contribution in [2.24, 2.45) is 0 Å². The molecule has 6 heteroatoms. The van der Waals surface area contributed by atoms with Gasteiger partial charge in [-0.1, -0.05) is 78.9 Å². The predicted octanol–water partition coefficient (Wildman–Crippen LogP) is 7.08. The smallest absolute Gasteiger partial charge is 0.322 e. The van der Waals surface area contributed by atoms with Crippen LogP contribution in [-0.2, 0) is 13.2 Å². The summed E-state index contributed by atoms with van der Waals surface area (Å²) in [6.07, 6.45) is 0. The number of nitrogens with zero attached hydrogens (tertiary/aromatic N) is 1. The number of carbonyl (C=O) groups excluding carboxylic acids is 1. The molecule has 0 aliphatic rings. The molecule has 0 aromatic heterocycles. The number of nitrogens with one attached hydrogen (secondary N) is 1. The topological polar surface area (TPSA) is 60.0 Å². The van der Waals surface area contributed by atoms with E-state index in [-0.39, 0.29) is 12.1 Å². The molecule has 190 valence electrons. The molecule has 37 heavy (non-hydrogen) atoms. The first-order chi connectivity index (χ1) is 18.1. The molecule has 0 radical (unpaired) electrons. The van der Waals surface area contributed by atoms with Crippen LogP contribution < -0.4 is 19.5 Å². The van der Waals surface area contributed by atoms with E-state index in [1.807, 2.05) is 110 Å². The van der Waals surface area contributed by atoms with E-state index >= 15 is 0 Å². The van der Waals surface area contributed by atoms with Gasteiger partial charge >= 0.3 is 6.03 Å². The van der Waals surface area contributed by atoms with E-state index in [4.69, 9.17) is 14.2 Å². The molecule has 1 atom stereocenters. The Labute approximate surface area is 218 Å². The second-order valence-electron chi connectivity index (χ2n) is 8.60. The number of para-hydroxylation sites is 2. The largest absolute Gasteiger partial charge is 0.495 e. The molecule has 0 heterocycles. The Morgan fingerprint density at radius 3 is 2.11 bits per heavy atom. The van der Waals surface area contributed by atoms with Gasteiger partial charge in [-0.05, 0) is 47.9 Å². The summed E-state index contributed by atoms with van der Waals surface area (Å²) in [5.41, 5.74) is 3.63. The summed E-state index contributed by atoms with van der Waals surface area (Å²) in [5, 5.41) is 3.02. The van der Waals surface area contributed by atoms with Gasteiger partial charge in [-0.2, -0.15) is 0 Å². The number of hydrogen-bond acceptors (Lipinski definition) is 4. The van der Waals surface area contributed by atoms with Crippen molar-refractivity contribution in [3.8, 4) is 17.2 Å². The van der Waals surface area contributed by atoms with Crippen LogP contribution in [0, 0.1) is 0 Å². The zero-order valence-electron chi connectivity index (χ0n) is 21.4. The summed E-state index contributed by atoms with van der Waals surface area (Å²) in [6.45, 7) is 2.80. The van der Waals surface area contributed by atoms with Crippen LogP contribution in [0.1, 0.15) is 29.7 Å². The number of carbonyl (C=O) groups is 1. The fourth-order valence-corrected chi connectivity index (χ4v) is 4.10. The Kier molecular flexibility index (Phi) is 8.66. The van der Waals surface area contributed by atoms with E-state index in [9.17, 15) is 4.79 Å². The summed E-state index contributed by atoms with van der Waals surface area (Å²) in [6, 6.07) is 32.7. The third-order valence-corrected chi connectivity index (χ3v) is 6.18. The molecule has 2 amide bonds. The van der Waals surface area contributed by atoms with Gasteiger partial charge in [0.2, 0.25) is 0 Å². The fraction of sp³-hybridized carbons (Fsp3) is 0.194. The van der Waals surface area contributed by atoms with Crippen molar-refractivity contribution in [2.45, 2.75) is 26.1 Å². The van der Waals surface area contributed by atoms with Gasteiger partial charge in [0.05, 0.1) is 25.9 Å². The minimum absolute atomic E-state index is 0.188. The fourth-order valence-electron chi connectivity index (χ4n) is 4.10. The monoisotopic (exact) mass is 496 g/mol. The summed E-state index contributed by atoms with van der Waals surface area (Å²) >= 11 is 0. The van der Waals surface area contributed by atoms with Gasteiger partial charge in [-0.25, -0.2) is 4.79 Å². The highest BCUT2D eigenvalue weighted by Gasteiger charge is 2.23. The molecule has 1 unspecified atom stereocenters. The van der Waals surface area contributed by atoms with Crippen LogP contribution in [0.25, 0.3) is 0 Å². The van der Waals surface area contributed by atoms with Crippen LogP contribution in [0.5, 0.6) is 17.2 Å². The highest BCUT2D eigenvalue weighted by atomic mass is 16.5. The Balaban J connectivity index is 1.60.